The van der Waals surface area contributed by atoms with Crippen LogP contribution in [0, 0.1) is 0 Å². The van der Waals surface area contributed by atoms with Crippen molar-refractivity contribution >= 4 is 22.4 Å². The van der Waals surface area contributed by atoms with Crippen molar-refractivity contribution in [1.82, 2.24) is 14.8 Å². The molecule has 6 heteroatoms. The third kappa shape index (κ3) is 3.86. The molecule has 1 saturated heterocycles. The van der Waals surface area contributed by atoms with E-state index in [0.717, 1.165) is 25.2 Å². The fourth-order valence-corrected chi connectivity index (χ4v) is 4.34. The predicted molar refractivity (Wildman–Crippen MR) is 101 cm³/mol. The molecule has 0 bridgehead atoms. The molecule has 1 fully saturated rings. The van der Waals surface area contributed by atoms with Gasteiger partial charge in [0.25, 0.3) is 0 Å². The Labute approximate surface area is 150 Å². The van der Waals surface area contributed by atoms with Crippen molar-refractivity contribution in [1.29, 1.82) is 0 Å². The number of para-hydroxylation sites is 2. The molecule has 3 aromatic rings. The molecule has 0 saturated carbocycles. The van der Waals surface area contributed by atoms with Gasteiger partial charge in [0.05, 0.1) is 5.52 Å². The van der Waals surface area contributed by atoms with E-state index in [-0.39, 0.29) is 5.76 Å². The third-order valence-electron chi connectivity index (χ3n) is 4.81. The smallest absolute Gasteiger partial charge is 0.408 e. The van der Waals surface area contributed by atoms with Gasteiger partial charge in [-0.05, 0) is 43.0 Å². The number of hydrogen-bond donors (Lipinski definition) is 1. The maximum atomic E-state index is 12.0. The minimum atomic E-state index is -0.272. The highest BCUT2D eigenvalue weighted by Gasteiger charge is 2.20. The van der Waals surface area contributed by atoms with E-state index < -0.39 is 0 Å². The van der Waals surface area contributed by atoms with Gasteiger partial charge in [0.2, 0.25) is 0 Å². The van der Waals surface area contributed by atoms with Crippen LogP contribution in [0.1, 0.15) is 17.7 Å². The predicted octanol–water partition coefficient (Wildman–Crippen LogP) is 2.91. The maximum Gasteiger partial charge on any atom is 0.419 e. The lowest BCUT2D eigenvalue weighted by Crippen LogP contribution is -2.46. The Kier molecular flexibility index (Phi) is 5.01. The van der Waals surface area contributed by atoms with Crippen molar-refractivity contribution in [2.45, 2.75) is 32.0 Å². The zero-order valence-corrected chi connectivity index (χ0v) is 15.0. The number of nitrogens with one attached hydrogen (secondary N) is 1. The zero-order valence-electron chi connectivity index (χ0n) is 14.2. The monoisotopic (exact) mass is 357 g/mol. The first-order chi connectivity index (χ1) is 12.3. The molecule has 3 heterocycles. The highest BCUT2D eigenvalue weighted by molar-refractivity contribution is 7.09. The van der Waals surface area contributed by atoms with E-state index in [0.29, 0.717) is 18.2 Å². The van der Waals surface area contributed by atoms with Crippen molar-refractivity contribution in [3.8, 4) is 0 Å². The summed E-state index contributed by atoms with van der Waals surface area (Å²) >= 11 is 1.83. The second kappa shape index (κ2) is 7.56. The number of fused-ring (bicyclic) bond motifs is 1. The Balaban J connectivity index is 1.32. The molecule has 4 rings (SSSR count). The van der Waals surface area contributed by atoms with Crippen molar-refractivity contribution in [2.24, 2.45) is 0 Å². The molecule has 132 valence electrons. The molecule has 0 aliphatic carbocycles. The van der Waals surface area contributed by atoms with Gasteiger partial charge in [-0.3, -0.25) is 9.47 Å². The van der Waals surface area contributed by atoms with Crippen LogP contribution in [0.2, 0.25) is 0 Å². The van der Waals surface area contributed by atoms with Gasteiger partial charge in [0, 0.05) is 37.1 Å². The van der Waals surface area contributed by atoms with Crippen LogP contribution in [0.25, 0.3) is 11.1 Å². The first-order valence-electron chi connectivity index (χ1n) is 8.86. The minimum Gasteiger partial charge on any atom is -0.408 e. The average molecular weight is 357 g/mol. The first-order valence-corrected chi connectivity index (χ1v) is 9.74. The maximum absolute atomic E-state index is 12.0. The van der Waals surface area contributed by atoms with Crippen LogP contribution in [0.5, 0.6) is 0 Å². The Bertz CT molecular complexity index is 868. The van der Waals surface area contributed by atoms with Gasteiger partial charge in [0.1, 0.15) is 0 Å². The second-order valence-electron chi connectivity index (χ2n) is 6.60. The van der Waals surface area contributed by atoms with Crippen LogP contribution in [0.3, 0.4) is 0 Å². The van der Waals surface area contributed by atoms with Crippen LogP contribution in [-0.4, -0.2) is 35.1 Å². The molecule has 25 heavy (non-hydrogen) atoms. The summed E-state index contributed by atoms with van der Waals surface area (Å²) in [4.78, 5) is 16.0. The number of nitrogens with zero attached hydrogens (tertiary/aromatic N) is 2. The molecule has 1 atom stereocenters. The molecular weight excluding hydrogens is 334 g/mol. The molecule has 2 aromatic heterocycles. The molecule has 1 unspecified atom stereocenters. The van der Waals surface area contributed by atoms with Gasteiger partial charge >= 0.3 is 5.76 Å². The fraction of sp³-hybridized carbons (Fsp3) is 0.421. The molecule has 1 aliphatic rings. The highest BCUT2D eigenvalue weighted by atomic mass is 32.1. The van der Waals surface area contributed by atoms with E-state index in [9.17, 15) is 4.79 Å². The summed E-state index contributed by atoms with van der Waals surface area (Å²) in [6, 6.07) is 12.4. The highest BCUT2D eigenvalue weighted by Crippen LogP contribution is 2.17. The van der Waals surface area contributed by atoms with Crippen LogP contribution in [0.4, 0.5) is 0 Å². The van der Waals surface area contributed by atoms with Gasteiger partial charge in [-0.15, -0.1) is 11.3 Å². The Morgan fingerprint density at radius 1 is 1.24 bits per heavy atom. The summed E-state index contributed by atoms with van der Waals surface area (Å²) in [5, 5.41) is 5.76. The third-order valence-corrected chi connectivity index (χ3v) is 5.67. The molecule has 5 nitrogen and oxygen atoms in total. The summed E-state index contributed by atoms with van der Waals surface area (Å²) in [5.74, 6) is -0.272. The van der Waals surface area contributed by atoms with E-state index in [1.54, 1.807) is 4.57 Å². The normalized spacial score (nSPS) is 18.8. The number of likely N-dealkylation sites (tertiary alicyclic amines) is 1. The lowest BCUT2D eigenvalue weighted by atomic mass is 10.1. The Morgan fingerprint density at radius 2 is 2.16 bits per heavy atom. The minimum absolute atomic E-state index is 0.272. The lowest BCUT2D eigenvalue weighted by molar-refractivity contribution is 0.184. The number of aromatic nitrogens is 1. The summed E-state index contributed by atoms with van der Waals surface area (Å²) < 4.78 is 7.01. The van der Waals surface area contributed by atoms with E-state index in [2.05, 4.69) is 27.7 Å². The molecular formula is C19H23N3O2S. The van der Waals surface area contributed by atoms with Crippen molar-refractivity contribution < 1.29 is 4.42 Å². The SMILES string of the molecule is O=c1oc2ccccc2n1CCNC1CCCN(Cc2cccs2)C1. The average Bonchev–Trinajstić information content (AvgIpc) is 3.23. The Morgan fingerprint density at radius 3 is 3.04 bits per heavy atom. The number of oxazole rings is 1. The molecule has 1 aromatic carbocycles. The topological polar surface area (TPSA) is 50.4 Å². The summed E-state index contributed by atoms with van der Waals surface area (Å²) in [6.45, 7) is 4.70. The molecule has 1 N–H and O–H groups in total. The summed E-state index contributed by atoms with van der Waals surface area (Å²) in [7, 11) is 0. The van der Waals surface area contributed by atoms with Crippen molar-refractivity contribution in [3.05, 3.63) is 57.2 Å². The Hall–Kier alpha value is -1.89. The van der Waals surface area contributed by atoms with Crippen LogP contribution in [0.15, 0.2) is 51.0 Å². The number of benzene rings is 1. The standard InChI is InChI=1S/C19H23N3O2S/c23-19-22(17-7-1-2-8-18(17)24-19)11-9-20-15-5-3-10-21(13-15)14-16-6-4-12-25-16/h1-2,4,6-8,12,15,20H,3,5,9-11,13-14H2. The van der Waals surface area contributed by atoms with Crippen LogP contribution in [-0.2, 0) is 13.1 Å². The second-order valence-corrected chi connectivity index (χ2v) is 7.63. The number of thiophene rings is 1. The van der Waals surface area contributed by atoms with E-state index >= 15 is 0 Å². The van der Waals surface area contributed by atoms with Gasteiger partial charge < -0.3 is 9.73 Å². The first kappa shape index (κ1) is 16.6. The number of rotatable bonds is 6. The molecule has 0 radical (unpaired) electrons. The quantitative estimate of drug-likeness (QED) is 0.737. The van der Waals surface area contributed by atoms with Gasteiger partial charge in [-0.2, -0.15) is 0 Å². The zero-order chi connectivity index (χ0) is 17.1. The summed E-state index contributed by atoms with van der Waals surface area (Å²) in [6.07, 6.45) is 2.42. The van der Waals surface area contributed by atoms with Crippen LogP contribution >= 0.6 is 11.3 Å². The fourth-order valence-electron chi connectivity index (χ4n) is 3.59. The van der Waals surface area contributed by atoms with E-state index in [1.807, 2.05) is 35.6 Å². The van der Waals surface area contributed by atoms with Crippen LogP contribution < -0.4 is 11.1 Å². The van der Waals surface area contributed by atoms with Gasteiger partial charge in [0.15, 0.2) is 5.58 Å². The van der Waals surface area contributed by atoms with E-state index in [1.165, 1.54) is 24.3 Å². The summed E-state index contributed by atoms with van der Waals surface area (Å²) in [5.41, 5.74) is 1.53. The van der Waals surface area contributed by atoms with Crippen molar-refractivity contribution in [2.75, 3.05) is 19.6 Å². The van der Waals surface area contributed by atoms with E-state index in [4.69, 9.17) is 4.42 Å². The van der Waals surface area contributed by atoms with Crippen molar-refractivity contribution in [3.63, 3.8) is 0 Å². The number of hydrogen-bond acceptors (Lipinski definition) is 5. The molecule has 0 amide bonds. The lowest BCUT2D eigenvalue weighted by Gasteiger charge is -2.33. The largest absolute Gasteiger partial charge is 0.419 e. The molecule has 1 aliphatic heterocycles. The number of piperidine rings is 1. The van der Waals surface area contributed by atoms with Gasteiger partial charge in [-0.25, -0.2) is 4.79 Å². The molecule has 0 spiro atoms. The van der Waals surface area contributed by atoms with Gasteiger partial charge in [-0.1, -0.05) is 18.2 Å².